The van der Waals surface area contributed by atoms with E-state index in [1.54, 1.807) is 24.3 Å². The van der Waals surface area contributed by atoms with Gasteiger partial charge in [0.25, 0.3) is 10.0 Å². The summed E-state index contributed by atoms with van der Waals surface area (Å²) < 4.78 is 32.8. The van der Waals surface area contributed by atoms with Crippen LogP contribution in [0.25, 0.3) is 0 Å². The van der Waals surface area contributed by atoms with E-state index in [0.717, 1.165) is 4.90 Å². The van der Waals surface area contributed by atoms with Gasteiger partial charge in [-0.1, -0.05) is 0 Å². The van der Waals surface area contributed by atoms with Crippen molar-refractivity contribution in [1.82, 2.24) is 0 Å². The minimum atomic E-state index is -3.78. The van der Waals surface area contributed by atoms with Crippen LogP contribution in [-0.4, -0.2) is 26.8 Å². The number of anilines is 2. The summed E-state index contributed by atoms with van der Waals surface area (Å²) >= 11 is 0. The van der Waals surface area contributed by atoms with Crippen LogP contribution in [0.3, 0.4) is 0 Å². The monoisotopic (exact) mass is 374 g/mol. The van der Waals surface area contributed by atoms with E-state index in [1.807, 2.05) is 6.92 Å². The number of ether oxygens (including phenoxy) is 1. The molecule has 0 bridgehead atoms. The Morgan fingerprint density at radius 1 is 0.962 bits per heavy atom. The fraction of sp³-hybridized carbons (Fsp3) is 0.222. The largest absolute Gasteiger partial charge is 0.494 e. The molecular formula is C18H18N2O5S. The predicted octanol–water partition coefficient (Wildman–Crippen LogP) is 2.54. The van der Waals surface area contributed by atoms with Crippen molar-refractivity contribution in [2.45, 2.75) is 24.7 Å². The first-order valence-electron chi connectivity index (χ1n) is 8.12. The van der Waals surface area contributed by atoms with E-state index >= 15 is 0 Å². The van der Waals surface area contributed by atoms with Crippen molar-refractivity contribution >= 4 is 33.2 Å². The van der Waals surface area contributed by atoms with Crippen LogP contribution in [0.15, 0.2) is 53.4 Å². The Balaban J connectivity index is 1.77. The maximum Gasteiger partial charge on any atom is 0.261 e. The Bertz CT molecular complexity index is 905. The van der Waals surface area contributed by atoms with Crippen molar-refractivity contribution in [3.63, 3.8) is 0 Å². The summed E-state index contributed by atoms with van der Waals surface area (Å²) in [5, 5.41) is 0. The van der Waals surface area contributed by atoms with Crippen LogP contribution < -0.4 is 14.4 Å². The summed E-state index contributed by atoms with van der Waals surface area (Å²) in [6.45, 7) is 2.39. The highest BCUT2D eigenvalue weighted by atomic mass is 32.2. The summed E-state index contributed by atoms with van der Waals surface area (Å²) in [5.41, 5.74) is 0.778. The lowest BCUT2D eigenvalue weighted by molar-refractivity contribution is -0.121. The summed E-state index contributed by atoms with van der Waals surface area (Å²) in [5.74, 6) is 0.0935. The highest BCUT2D eigenvalue weighted by Gasteiger charge is 2.30. The number of hydrogen-bond acceptors (Lipinski definition) is 5. The fourth-order valence-corrected chi connectivity index (χ4v) is 3.70. The van der Waals surface area contributed by atoms with Gasteiger partial charge in [0.05, 0.1) is 17.2 Å². The van der Waals surface area contributed by atoms with E-state index in [-0.39, 0.29) is 29.6 Å². The van der Waals surface area contributed by atoms with E-state index in [0.29, 0.717) is 23.7 Å². The molecular weight excluding hydrogens is 356 g/mol. The third kappa shape index (κ3) is 3.70. The third-order valence-electron chi connectivity index (χ3n) is 3.87. The quantitative estimate of drug-likeness (QED) is 0.785. The highest BCUT2D eigenvalue weighted by molar-refractivity contribution is 7.92. The Kier molecular flexibility index (Phi) is 4.94. The normalized spacial score (nSPS) is 14.6. The number of nitrogens with zero attached hydrogens (tertiary/aromatic N) is 1. The molecule has 2 aromatic carbocycles. The van der Waals surface area contributed by atoms with Crippen LogP contribution in [0.2, 0.25) is 0 Å². The molecule has 136 valence electrons. The molecule has 0 unspecified atom stereocenters. The van der Waals surface area contributed by atoms with Crippen molar-refractivity contribution in [3.8, 4) is 5.75 Å². The Morgan fingerprint density at radius 3 is 2.08 bits per heavy atom. The van der Waals surface area contributed by atoms with Crippen LogP contribution >= 0.6 is 0 Å². The number of amides is 2. The lowest BCUT2D eigenvalue weighted by Gasteiger charge is -2.14. The number of carbonyl (C=O) groups excluding carboxylic acids is 2. The maximum absolute atomic E-state index is 12.5. The van der Waals surface area contributed by atoms with Crippen molar-refractivity contribution in [2.24, 2.45) is 0 Å². The highest BCUT2D eigenvalue weighted by Crippen LogP contribution is 2.25. The van der Waals surface area contributed by atoms with Gasteiger partial charge in [-0.2, -0.15) is 0 Å². The fourth-order valence-electron chi connectivity index (χ4n) is 2.64. The van der Waals surface area contributed by atoms with Crippen LogP contribution in [-0.2, 0) is 19.6 Å². The van der Waals surface area contributed by atoms with Gasteiger partial charge in [0.1, 0.15) is 5.75 Å². The van der Waals surface area contributed by atoms with Crippen molar-refractivity contribution in [3.05, 3.63) is 48.5 Å². The first-order valence-corrected chi connectivity index (χ1v) is 9.60. The first kappa shape index (κ1) is 17.9. The molecule has 0 atom stereocenters. The molecule has 1 saturated heterocycles. The van der Waals surface area contributed by atoms with E-state index in [4.69, 9.17) is 4.74 Å². The van der Waals surface area contributed by atoms with Crippen molar-refractivity contribution in [1.29, 1.82) is 0 Å². The molecule has 0 radical (unpaired) electrons. The molecule has 7 nitrogen and oxygen atoms in total. The standard InChI is InChI=1S/C18H18N2O5S/c1-2-25-15-7-3-13(4-8-15)19-26(23,24)16-9-5-14(6-10-16)20-17(21)11-12-18(20)22/h3-10,19H,2,11-12H2,1H3. The second-order valence-corrected chi connectivity index (χ2v) is 7.36. The smallest absolute Gasteiger partial charge is 0.261 e. The van der Waals surface area contributed by atoms with Gasteiger partial charge in [0, 0.05) is 18.5 Å². The second kappa shape index (κ2) is 7.17. The topological polar surface area (TPSA) is 92.8 Å². The third-order valence-corrected chi connectivity index (χ3v) is 5.27. The molecule has 3 rings (SSSR count). The summed E-state index contributed by atoms with van der Waals surface area (Å²) in [6, 6.07) is 12.2. The Hall–Kier alpha value is -2.87. The molecule has 0 spiro atoms. The minimum absolute atomic E-state index is 0.0363. The summed E-state index contributed by atoms with van der Waals surface area (Å²) in [7, 11) is -3.78. The molecule has 0 aromatic heterocycles. The Labute approximate surface area is 151 Å². The van der Waals surface area contributed by atoms with Gasteiger partial charge >= 0.3 is 0 Å². The molecule has 0 saturated carbocycles. The van der Waals surface area contributed by atoms with Crippen molar-refractivity contribution in [2.75, 3.05) is 16.2 Å². The molecule has 1 fully saturated rings. The number of carbonyl (C=O) groups is 2. The number of hydrogen-bond donors (Lipinski definition) is 1. The predicted molar refractivity (Wildman–Crippen MR) is 96.6 cm³/mol. The maximum atomic E-state index is 12.5. The molecule has 1 N–H and O–H groups in total. The number of benzene rings is 2. The van der Waals surface area contributed by atoms with Gasteiger partial charge in [-0.15, -0.1) is 0 Å². The van der Waals surface area contributed by atoms with E-state index in [1.165, 1.54) is 24.3 Å². The molecule has 0 aliphatic carbocycles. The minimum Gasteiger partial charge on any atom is -0.494 e. The molecule has 26 heavy (non-hydrogen) atoms. The molecule has 1 aliphatic rings. The molecule has 1 heterocycles. The SMILES string of the molecule is CCOc1ccc(NS(=O)(=O)c2ccc(N3C(=O)CCC3=O)cc2)cc1. The molecule has 1 aliphatic heterocycles. The van der Waals surface area contributed by atoms with Gasteiger partial charge in [-0.05, 0) is 55.5 Å². The van der Waals surface area contributed by atoms with Crippen LogP contribution in [0.4, 0.5) is 11.4 Å². The summed E-state index contributed by atoms with van der Waals surface area (Å²) in [4.78, 5) is 24.6. The van der Waals surface area contributed by atoms with Crippen molar-refractivity contribution < 1.29 is 22.7 Å². The van der Waals surface area contributed by atoms with E-state index in [9.17, 15) is 18.0 Å². The molecule has 2 aromatic rings. The molecule has 2 amide bonds. The first-order chi connectivity index (χ1) is 12.4. The lowest BCUT2D eigenvalue weighted by atomic mass is 10.3. The summed E-state index contributed by atoms with van der Waals surface area (Å²) in [6.07, 6.45) is 0.357. The number of nitrogens with one attached hydrogen (secondary N) is 1. The number of imide groups is 1. The van der Waals surface area contributed by atoms with Gasteiger partial charge in [0.15, 0.2) is 0 Å². The molecule has 8 heteroatoms. The zero-order valence-corrected chi connectivity index (χ0v) is 15.0. The van der Waals surface area contributed by atoms with Crippen LogP contribution in [0.1, 0.15) is 19.8 Å². The zero-order chi connectivity index (χ0) is 18.7. The second-order valence-electron chi connectivity index (χ2n) is 5.68. The average molecular weight is 374 g/mol. The Morgan fingerprint density at radius 2 is 1.54 bits per heavy atom. The van der Waals surface area contributed by atoms with Gasteiger partial charge in [0.2, 0.25) is 11.8 Å². The lowest BCUT2D eigenvalue weighted by Crippen LogP contribution is -2.28. The number of rotatable bonds is 6. The van der Waals surface area contributed by atoms with E-state index in [2.05, 4.69) is 4.72 Å². The number of sulfonamides is 1. The van der Waals surface area contributed by atoms with Gasteiger partial charge in [-0.25, -0.2) is 8.42 Å². The van der Waals surface area contributed by atoms with Gasteiger partial charge < -0.3 is 4.74 Å². The van der Waals surface area contributed by atoms with Crippen LogP contribution in [0, 0.1) is 0 Å². The van der Waals surface area contributed by atoms with Crippen LogP contribution in [0.5, 0.6) is 5.75 Å². The van der Waals surface area contributed by atoms with Gasteiger partial charge in [-0.3, -0.25) is 19.2 Å². The average Bonchev–Trinajstić information content (AvgIpc) is 2.95. The zero-order valence-electron chi connectivity index (χ0n) is 14.1. The van der Waals surface area contributed by atoms with E-state index < -0.39 is 10.0 Å².